The molecular formula is C36H43N2O5+. The van der Waals surface area contributed by atoms with Gasteiger partial charge in [-0.2, -0.15) is 0 Å². The average molecular weight is 584 g/mol. The fourth-order valence-electron chi connectivity index (χ4n) is 6.14. The van der Waals surface area contributed by atoms with Crippen LogP contribution in [-0.2, 0) is 38.6 Å². The van der Waals surface area contributed by atoms with Crippen LogP contribution in [-0.4, -0.2) is 35.3 Å². The summed E-state index contributed by atoms with van der Waals surface area (Å²) in [5.41, 5.74) is 6.57. The van der Waals surface area contributed by atoms with E-state index in [0.29, 0.717) is 38.9 Å². The summed E-state index contributed by atoms with van der Waals surface area (Å²) < 4.78 is 21.8. The molecule has 1 aliphatic carbocycles. The molecule has 0 aliphatic heterocycles. The topological polar surface area (TPSA) is 70.6 Å². The molecule has 7 nitrogen and oxygen atoms in total. The van der Waals surface area contributed by atoms with E-state index < -0.39 is 5.60 Å². The van der Waals surface area contributed by atoms with Gasteiger partial charge in [0.2, 0.25) is 0 Å². The molecule has 1 aromatic heterocycles. The van der Waals surface area contributed by atoms with Crippen molar-refractivity contribution in [2.45, 2.75) is 84.9 Å². The van der Waals surface area contributed by atoms with E-state index in [-0.39, 0.29) is 17.9 Å². The van der Waals surface area contributed by atoms with Gasteiger partial charge in [-0.05, 0) is 75.4 Å². The molecule has 7 heteroatoms. The summed E-state index contributed by atoms with van der Waals surface area (Å²) in [6.07, 6.45) is 1.79. The van der Waals surface area contributed by atoms with Crippen molar-refractivity contribution in [1.82, 2.24) is 4.57 Å². The first-order chi connectivity index (χ1) is 20.7. The van der Waals surface area contributed by atoms with E-state index in [1.54, 1.807) is 0 Å². The van der Waals surface area contributed by atoms with Gasteiger partial charge in [-0.25, -0.2) is 9.13 Å². The minimum absolute atomic E-state index is 0.0570. The van der Waals surface area contributed by atoms with E-state index in [4.69, 9.17) is 14.2 Å². The van der Waals surface area contributed by atoms with Crippen molar-refractivity contribution in [3.63, 3.8) is 0 Å². The molecule has 3 aromatic carbocycles. The summed E-state index contributed by atoms with van der Waals surface area (Å²) in [6, 6.07) is 22.9. The number of benzene rings is 3. The number of carbonyl (C=O) groups is 2. The number of aromatic nitrogens is 2. The third-order valence-corrected chi connectivity index (χ3v) is 7.92. The Labute approximate surface area is 254 Å². The highest BCUT2D eigenvalue weighted by Gasteiger charge is 2.30. The first-order valence-electron chi connectivity index (χ1n) is 15.4. The summed E-state index contributed by atoms with van der Waals surface area (Å²) in [4.78, 5) is 25.0. The molecular weight excluding hydrogens is 540 g/mol. The van der Waals surface area contributed by atoms with Crippen LogP contribution in [0.2, 0.25) is 0 Å². The summed E-state index contributed by atoms with van der Waals surface area (Å²) >= 11 is 0. The lowest BCUT2D eigenvalue weighted by Crippen LogP contribution is -2.37. The SMILES string of the molecule is CCn1c(CCC(=O)OCC2c3ccccc3-c3ccccc32)[n+](CC)c2ccc(OCCCC(=O)OC(C)(C)C)cc21. The normalized spacial score (nSPS) is 12.7. The van der Waals surface area contributed by atoms with Crippen molar-refractivity contribution in [1.29, 1.82) is 0 Å². The number of aryl methyl sites for hydroxylation is 2. The maximum absolute atomic E-state index is 13.0. The van der Waals surface area contributed by atoms with Gasteiger partial charge in [-0.15, -0.1) is 0 Å². The van der Waals surface area contributed by atoms with Crippen LogP contribution in [0.4, 0.5) is 0 Å². The van der Waals surface area contributed by atoms with Gasteiger partial charge in [-0.1, -0.05) is 48.5 Å². The number of carbonyl (C=O) groups excluding carboxylic acids is 2. The lowest BCUT2D eigenvalue weighted by Gasteiger charge is -2.19. The van der Waals surface area contributed by atoms with Crippen LogP contribution in [0.1, 0.15) is 76.8 Å². The Bertz CT molecular complexity index is 1570. The van der Waals surface area contributed by atoms with Crippen LogP contribution in [0.5, 0.6) is 5.75 Å². The predicted molar refractivity (Wildman–Crippen MR) is 167 cm³/mol. The standard InChI is InChI=1S/C36H43N2O5/c1-6-37-31-19-18-25(41-22-12-17-35(40)43-36(3,4)5)23-32(31)38(7-2)33(37)20-21-34(39)42-24-30-28-15-10-8-13-26(28)27-14-9-11-16-29(27)30/h8-11,13-16,18-19,23,30H,6-7,12,17,20-22,24H2,1-5H3/q+1. The number of esters is 2. The van der Waals surface area contributed by atoms with Crippen molar-refractivity contribution in [2.75, 3.05) is 13.2 Å². The van der Waals surface area contributed by atoms with Crippen LogP contribution in [0.3, 0.4) is 0 Å². The van der Waals surface area contributed by atoms with Crippen LogP contribution in [0.15, 0.2) is 66.7 Å². The molecule has 0 unspecified atom stereocenters. The first-order valence-corrected chi connectivity index (χ1v) is 15.4. The second kappa shape index (κ2) is 13.0. The Morgan fingerprint density at radius 3 is 2.19 bits per heavy atom. The molecule has 0 atom stereocenters. The van der Waals surface area contributed by atoms with Crippen molar-refractivity contribution in [3.05, 3.63) is 83.7 Å². The fourth-order valence-corrected chi connectivity index (χ4v) is 6.14. The Morgan fingerprint density at radius 1 is 0.884 bits per heavy atom. The van der Waals surface area contributed by atoms with Crippen LogP contribution in [0.25, 0.3) is 22.2 Å². The first kappa shape index (κ1) is 30.3. The van der Waals surface area contributed by atoms with E-state index >= 15 is 0 Å². The highest BCUT2D eigenvalue weighted by Crippen LogP contribution is 2.44. The zero-order valence-corrected chi connectivity index (χ0v) is 26.0. The Balaban J connectivity index is 1.22. The molecule has 0 saturated carbocycles. The molecule has 5 rings (SSSR count). The number of nitrogens with zero attached hydrogens (tertiary/aromatic N) is 2. The Kier molecular flexibility index (Phi) is 9.19. The molecule has 226 valence electrons. The van der Waals surface area contributed by atoms with E-state index in [0.717, 1.165) is 35.7 Å². The molecule has 0 N–H and O–H groups in total. The summed E-state index contributed by atoms with van der Waals surface area (Å²) in [7, 11) is 0. The molecule has 0 amide bonds. The summed E-state index contributed by atoms with van der Waals surface area (Å²) in [6.45, 7) is 12.2. The lowest BCUT2D eigenvalue weighted by atomic mass is 9.98. The van der Waals surface area contributed by atoms with Crippen LogP contribution >= 0.6 is 0 Å². The quantitative estimate of drug-likeness (QED) is 0.105. The largest absolute Gasteiger partial charge is 0.493 e. The zero-order valence-electron chi connectivity index (χ0n) is 26.0. The minimum atomic E-state index is -0.480. The minimum Gasteiger partial charge on any atom is -0.493 e. The van der Waals surface area contributed by atoms with E-state index in [2.05, 4.69) is 71.5 Å². The smallest absolute Gasteiger partial charge is 0.306 e. The van der Waals surface area contributed by atoms with Crippen molar-refractivity contribution in [2.24, 2.45) is 0 Å². The maximum Gasteiger partial charge on any atom is 0.306 e. The third kappa shape index (κ3) is 6.76. The predicted octanol–water partition coefficient (Wildman–Crippen LogP) is 6.76. The van der Waals surface area contributed by atoms with Crippen LogP contribution < -0.4 is 9.30 Å². The van der Waals surface area contributed by atoms with Crippen molar-refractivity contribution >= 4 is 23.0 Å². The summed E-state index contributed by atoms with van der Waals surface area (Å²) in [5.74, 6) is 1.51. The number of rotatable bonds is 12. The number of ether oxygens (including phenoxy) is 3. The third-order valence-electron chi connectivity index (χ3n) is 7.92. The molecule has 1 aliphatic rings. The molecule has 43 heavy (non-hydrogen) atoms. The van der Waals surface area contributed by atoms with Crippen molar-refractivity contribution in [3.8, 4) is 16.9 Å². The zero-order chi connectivity index (χ0) is 30.6. The van der Waals surface area contributed by atoms with Gasteiger partial charge in [0.1, 0.15) is 18.0 Å². The van der Waals surface area contributed by atoms with Gasteiger partial charge in [0.05, 0.1) is 32.5 Å². The summed E-state index contributed by atoms with van der Waals surface area (Å²) in [5, 5.41) is 0. The maximum atomic E-state index is 13.0. The van der Waals surface area contributed by atoms with Gasteiger partial charge in [0, 0.05) is 18.4 Å². The second-order valence-electron chi connectivity index (χ2n) is 12.0. The number of hydrogen-bond donors (Lipinski definition) is 0. The van der Waals surface area contributed by atoms with Gasteiger partial charge in [-0.3, -0.25) is 9.59 Å². The Hall–Kier alpha value is -4.13. The van der Waals surface area contributed by atoms with Gasteiger partial charge in [0.15, 0.2) is 11.0 Å². The average Bonchev–Trinajstić information content (AvgIpc) is 3.47. The van der Waals surface area contributed by atoms with Crippen LogP contribution in [0, 0.1) is 0 Å². The number of fused-ring (bicyclic) bond motifs is 4. The fraction of sp³-hybridized carbons (Fsp3) is 0.417. The molecule has 0 radical (unpaired) electrons. The number of imidazole rings is 1. The molecule has 0 spiro atoms. The van der Waals surface area contributed by atoms with Gasteiger partial charge >= 0.3 is 11.9 Å². The molecule has 1 heterocycles. The molecule has 0 fully saturated rings. The van der Waals surface area contributed by atoms with Crippen molar-refractivity contribution < 1.29 is 28.4 Å². The molecule has 4 aromatic rings. The molecule has 0 saturated heterocycles. The highest BCUT2D eigenvalue weighted by atomic mass is 16.6. The van der Waals surface area contributed by atoms with E-state index in [1.165, 1.54) is 22.3 Å². The lowest BCUT2D eigenvalue weighted by molar-refractivity contribution is -0.676. The van der Waals surface area contributed by atoms with Gasteiger partial charge < -0.3 is 14.2 Å². The molecule has 0 bridgehead atoms. The monoisotopic (exact) mass is 583 g/mol. The van der Waals surface area contributed by atoms with Gasteiger partial charge in [0.25, 0.3) is 5.82 Å². The highest BCUT2D eigenvalue weighted by molar-refractivity contribution is 5.79. The number of hydrogen-bond acceptors (Lipinski definition) is 5. The second-order valence-corrected chi connectivity index (χ2v) is 12.0. The Morgan fingerprint density at radius 2 is 1.56 bits per heavy atom. The van der Waals surface area contributed by atoms with E-state index in [9.17, 15) is 9.59 Å². The van der Waals surface area contributed by atoms with E-state index in [1.807, 2.05) is 39.0 Å².